The molecule has 18 heavy (non-hydrogen) atoms. The molecule has 1 N–H and O–H groups in total. The average Bonchev–Trinajstić information content (AvgIpc) is 2.36. The summed E-state index contributed by atoms with van der Waals surface area (Å²) in [6.07, 6.45) is 1.59. The number of nitrogens with one attached hydrogen (secondary N) is 1. The highest BCUT2D eigenvalue weighted by Crippen LogP contribution is 2.10. The molecule has 0 fully saturated rings. The van der Waals surface area contributed by atoms with E-state index >= 15 is 0 Å². The van der Waals surface area contributed by atoms with E-state index in [1.54, 1.807) is 23.2 Å². The molecule has 1 aromatic heterocycles. The van der Waals surface area contributed by atoms with Crippen LogP contribution in [-0.2, 0) is 4.79 Å². The summed E-state index contributed by atoms with van der Waals surface area (Å²) in [4.78, 5) is 17.4. The number of nitrogens with zero attached hydrogens (tertiary/aromatic N) is 3. The van der Waals surface area contributed by atoms with Crippen LogP contribution in [0.25, 0.3) is 0 Å². The van der Waals surface area contributed by atoms with Gasteiger partial charge in [-0.1, -0.05) is 13.8 Å². The molecule has 0 saturated carbocycles. The zero-order chi connectivity index (χ0) is 13.5. The van der Waals surface area contributed by atoms with E-state index in [0.29, 0.717) is 18.2 Å². The summed E-state index contributed by atoms with van der Waals surface area (Å²) in [5.41, 5.74) is 1.19. The number of anilines is 1. The lowest BCUT2D eigenvalue weighted by Crippen LogP contribution is -2.36. The minimum Gasteiger partial charge on any atom is -0.364 e. The van der Waals surface area contributed by atoms with Gasteiger partial charge in [-0.15, -0.1) is 0 Å². The number of carbonyl (C=O) groups excluding carboxylic acids is 1. The number of pyridine rings is 1. The quantitative estimate of drug-likeness (QED) is 0.846. The van der Waals surface area contributed by atoms with Gasteiger partial charge in [0.15, 0.2) is 0 Å². The van der Waals surface area contributed by atoms with Crippen molar-refractivity contribution in [1.82, 2.24) is 10.3 Å². The summed E-state index contributed by atoms with van der Waals surface area (Å²) in [5, 5.41) is 11.5. The standard InChI is InChI=1S/C13H18N4O/c1-10(2)7-16-13(18)9-17(3)12-5-4-11(6-14)15-8-12/h4-5,8,10H,7,9H2,1-3H3,(H,16,18). The number of amides is 1. The van der Waals surface area contributed by atoms with Crippen LogP contribution in [0.3, 0.4) is 0 Å². The lowest BCUT2D eigenvalue weighted by molar-refractivity contribution is -0.119. The predicted molar refractivity (Wildman–Crippen MR) is 70.1 cm³/mol. The molecule has 5 heteroatoms. The van der Waals surface area contributed by atoms with E-state index in [1.165, 1.54) is 0 Å². The fraction of sp³-hybridized carbons (Fsp3) is 0.462. The average molecular weight is 246 g/mol. The Morgan fingerprint density at radius 2 is 2.28 bits per heavy atom. The minimum absolute atomic E-state index is 0.0180. The van der Waals surface area contributed by atoms with E-state index in [9.17, 15) is 4.79 Å². The van der Waals surface area contributed by atoms with E-state index in [4.69, 9.17) is 5.26 Å². The Morgan fingerprint density at radius 3 is 2.78 bits per heavy atom. The van der Waals surface area contributed by atoms with Gasteiger partial charge in [0.1, 0.15) is 11.8 Å². The Bertz CT molecular complexity index is 433. The van der Waals surface area contributed by atoms with Crippen LogP contribution in [0.5, 0.6) is 0 Å². The maximum atomic E-state index is 11.6. The molecular formula is C13H18N4O. The summed E-state index contributed by atoms with van der Waals surface area (Å²) < 4.78 is 0. The number of carbonyl (C=O) groups is 1. The summed E-state index contributed by atoms with van der Waals surface area (Å²) in [7, 11) is 1.82. The summed E-state index contributed by atoms with van der Waals surface area (Å²) in [6.45, 7) is 5.06. The Hall–Kier alpha value is -2.09. The van der Waals surface area contributed by atoms with Gasteiger partial charge >= 0.3 is 0 Å². The van der Waals surface area contributed by atoms with Crippen molar-refractivity contribution in [1.29, 1.82) is 5.26 Å². The molecule has 0 saturated heterocycles. The van der Waals surface area contributed by atoms with Crippen LogP contribution in [0.2, 0.25) is 0 Å². The van der Waals surface area contributed by atoms with Crippen molar-refractivity contribution < 1.29 is 4.79 Å². The second kappa shape index (κ2) is 6.60. The monoisotopic (exact) mass is 246 g/mol. The molecule has 1 rings (SSSR count). The van der Waals surface area contributed by atoms with Crippen molar-refractivity contribution in [3.63, 3.8) is 0 Å². The first-order chi connectivity index (χ1) is 8.52. The van der Waals surface area contributed by atoms with Gasteiger partial charge in [0.2, 0.25) is 5.91 Å². The van der Waals surface area contributed by atoms with Gasteiger partial charge in [-0.05, 0) is 18.1 Å². The van der Waals surface area contributed by atoms with E-state index < -0.39 is 0 Å². The number of hydrogen-bond acceptors (Lipinski definition) is 4. The van der Waals surface area contributed by atoms with Gasteiger partial charge in [-0.3, -0.25) is 4.79 Å². The van der Waals surface area contributed by atoms with Crippen LogP contribution in [0, 0.1) is 17.2 Å². The van der Waals surface area contributed by atoms with Crippen LogP contribution >= 0.6 is 0 Å². The van der Waals surface area contributed by atoms with Crippen molar-refractivity contribution in [2.75, 3.05) is 25.0 Å². The smallest absolute Gasteiger partial charge is 0.239 e. The largest absolute Gasteiger partial charge is 0.364 e. The van der Waals surface area contributed by atoms with Crippen LogP contribution in [0.4, 0.5) is 5.69 Å². The fourth-order valence-corrected chi connectivity index (χ4v) is 1.36. The molecule has 0 aromatic carbocycles. The van der Waals surface area contributed by atoms with Gasteiger partial charge in [0, 0.05) is 13.6 Å². The van der Waals surface area contributed by atoms with E-state index in [1.807, 2.05) is 13.1 Å². The number of likely N-dealkylation sites (N-methyl/N-ethyl adjacent to an activating group) is 1. The molecule has 96 valence electrons. The first kappa shape index (κ1) is 14.0. The molecule has 1 amide bonds. The normalized spacial score (nSPS) is 9.94. The van der Waals surface area contributed by atoms with Crippen molar-refractivity contribution in [3.05, 3.63) is 24.0 Å². The SMILES string of the molecule is CC(C)CNC(=O)CN(C)c1ccc(C#N)nc1. The number of aromatic nitrogens is 1. The van der Waals surface area contributed by atoms with Crippen LogP contribution in [0.15, 0.2) is 18.3 Å². The summed E-state index contributed by atoms with van der Waals surface area (Å²) in [6, 6.07) is 5.37. The molecule has 5 nitrogen and oxygen atoms in total. The third kappa shape index (κ3) is 4.42. The predicted octanol–water partition coefficient (Wildman–Crippen LogP) is 1.16. The number of hydrogen-bond donors (Lipinski definition) is 1. The zero-order valence-corrected chi connectivity index (χ0v) is 11.0. The third-order valence-corrected chi connectivity index (χ3v) is 2.39. The topological polar surface area (TPSA) is 69.0 Å². The maximum Gasteiger partial charge on any atom is 0.239 e. The minimum atomic E-state index is -0.0180. The Labute approximate surface area is 107 Å². The Balaban J connectivity index is 2.51. The molecule has 0 atom stereocenters. The fourth-order valence-electron chi connectivity index (χ4n) is 1.36. The van der Waals surface area contributed by atoms with E-state index in [0.717, 1.165) is 5.69 Å². The first-order valence-electron chi connectivity index (χ1n) is 5.87. The lowest BCUT2D eigenvalue weighted by Gasteiger charge is -2.18. The molecule has 1 heterocycles. The molecule has 0 radical (unpaired) electrons. The van der Waals surface area contributed by atoms with E-state index in [2.05, 4.69) is 24.1 Å². The van der Waals surface area contributed by atoms with Crippen LogP contribution in [-0.4, -0.2) is 31.0 Å². The maximum absolute atomic E-state index is 11.6. The van der Waals surface area contributed by atoms with E-state index in [-0.39, 0.29) is 12.5 Å². The van der Waals surface area contributed by atoms with Crippen molar-refractivity contribution in [3.8, 4) is 6.07 Å². The second-order valence-corrected chi connectivity index (χ2v) is 4.57. The molecule has 0 aliphatic rings. The highest BCUT2D eigenvalue weighted by molar-refractivity contribution is 5.81. The Morgan fingerprint density at radius 1 is 1.56 bits per heavy atom. The van der Waals surface area contributed by atoms with Crippen LogP contribution in [0.1, 0.15) is 19.5 Å². The molecule has 0 aliphatic carbocycles. The summed E-state index contributed by atoms with van der Waals surface area (Å²) in [5.74, 6) is 0.423. The van der Waals surface area contributed by atoms with Gasteiger partial charge in [0.25, 0.3) is 0 Å². The molecule has 0 aliphatic heterocycles. The van der Waals surface area contributed by atoms with Gasteiger partial charge in [-0.2, -0.15) is 5.26 Å². The zero-order valence-electron chi connectivity index (χ0n) is 11.0. The third-order valence-electron chi connectivity index (χ3n) is 2.39. The van der Waals surface area contributed by atoms with Crippen LogP contribution < -0.4 is 10.2 Å². The van der Waals surface area contributed by atoms with Gasteiger partial charge in [0.05, 0.1) is 18.4 Å². The first-order valence-corrected chi connectivity index (χ1v) is 5.87. The number of rotatable bonds is 5. The summed E-state index contributed by atoms with van der Waals surface area (Å²) >= 11 is 0. The highest BCUT2D eigenvalue weighted by atomic mass is 16.2. The Kier molecular flexibility index (Phi) is 5.12. The van der Waals surface area contributed by atoms with Gasteiger partial charge in [-0.25, -0.2) is 4.98 Å². The lowest BCUT2D eigenvalue weighted by atomic mass is 10.2. The van der Waals surface area contributed by atoms with Crippen molar-refractivity contribution in [2.45, 2.75) is 13.8 Å². The molecule has 0 spiro atoms. The highest BCUT2D eigenvalue weighted by Gasteiger charge is 2.08. The molecule has 1 aromatic rings. The second-order valence-electron chi connectivity index (χ2n) is 4.57. The molecular weight excluding hydrogens is 228 g/mol. The number of nitriles is 1. The van der Waals surface area contributed by atoms with Crippen molar-refractivity contribution in [2.24, 2.45) is 5.92 Å². The molecule has 0 bridgehead atoms. The van der Waals surface area contributed by atoms with Crippen molar-refractivity contribution >= 4 is 11.6 Å². The van der Waals surface area contributed by atoms with Gasteiger partial charge < -0.3 is 10.2 Å². The molecule has 0 unspecified atom stereocenters.